The summed E-state index contributed by atoms with van der Waals surface area (Å²) >= 11 is 6.34. The van der Waals surface area contributed by atoms with Crippen LogP contribution in [0.3, 0.4) is 0 Å². The molecule has 2 aromatic rings. The first-order chi connectivity index (χ1) is 11.5. The van der Waals surface area contributed by atoms with Gasteiger partial charge in [0.2, 0.25) is 0 Å². The number of hydrogen-bond donors (Lipinski definition) is 4. The molecule has 1 unspecified atom stereocenters. The summed E-state index contributed by atoms with van der Waals surface area (Å²) in [7, 11) is 0. The normalized spacial score (nSPS) is 21.2. The fourth-order valence-electron chi connectivity index (χ4n) is 3.66. The molecule has 126 valence electrons. The number of fused-ring (bicyclic) bond motifs is 2. The SMILES string of the molecule is Nc1cc(Nc2cc(Cl)c3n(c2=O)C2(CCCC2)NC3O)ncn1. The first-order valence-corrected chi connectivity index (χ1v) is 8.14. The minimum absolute atomic E-state index is 0.252. The quantitative estimate of drug-likeness (QED) is 0.648. The molecule has 1 atom stereocenters. The molecule has 0 bridgehead atoms. The Morgan fingerprint density at radius 1 is 1.38 bits per heavy atom. The van der Waals surface area contributed by atoms with Crippen molar-refractivity contribution < 1.29 is 5.11 Å². The van der Waals surface area contributed by atoms with Crippen LogP contribution in [-0.4, -0.2) is 19.6 Å². The third-order valence-electron chi connectivity index (χ3n) is 4.66. The van der Waals surface area contributed by atoms with Crippen LogP contribution in [0.25, 0.3) is 0 Å². The van der Waals surface area contributed by atoms with Gasteiger partial charge in [0.05, 0.1) is 10.7 Å². The number of halogens is 1. The van der Waals surface area contributed by atoms with Crippen molar-refractivity contribution in [3.63, 3.8) is 0 Å². The minimum Gasteiger partial charge on any atom is -0.384 e. The topological polar surface area (TPSA) is 118 Å². The van der Waals surface area contributed by atoms with Gasteiger partial charge in [-0.3, -0.25) is 14.7 Å². The molecule has 1 saturated carbocycles. The lowest BCUT2D eigenvalue weighted by molar-refractivity contribution is 0.106. The number of aromatic nitrogens is 3. The molecule has 1 aliphatic carbocycles. The number of nitrogens with one attached hydrogen (secondary N) is 2. The number of hydrogen-bond acceptors (Lipinski definition) is 7. The summed E-state index contributed by atoms with van der Waals surface area (Å²) in [5.74, 6) is 0.701. The van der Waals surface area contributed by atoms with Gasteiger partial charge in [-0.15, -0.1) is 0 Å². The second kappa shape index (κ2) is 5.44. The Balaban J connectivity index is 1.84. The van der Waals surface area contributed by atoms with E-state index in [1.165, 1.54) is 18.5 Å². The molecule has 24 heavy (non-hydrogen) atoms. The van der Waals surface area contributed by atoms with Gasteiger partial charge >= 0.3 is 0 Å². The predicted octanol–water partition coefficient (Wildman–Crippen LogP) is 1.44. The number of aliphatic hydroxyl groups excluding tert-OH is 1. The number of nitrogens with zero attached hydrogens (tertiary/aromatic N) is 3. The molecule has 0 aromatic carbocycles. The Labute approximate surface area is 142 Å². The number of rotatable bonds is 2. The molecule has 1 spiro atoms. The van der Waals surface area contributed by atoms with Crippen molar-refractivity contribution in [3.05, 3.63) is 39.5 Å². The van der Waals surface area contributed by atoms with E-state index in [4.69, 9.17) is 17.3 Å². The molecule has 0 radical (unpaired) electrons. The van der Waals surface area contributed by atoms with Gasteiger partial charge < -0.3 is 16.2 Å². The Bertz CT molecular complexity index is 862. The maximum atomic E-state index is 13.0. The van der Waals surface area contributed by atoms with Gasteiger partial charge in [0.25, 0.3) is 5.56 Å². The Morgan fingerprint density at radius 3 is 2.83 bits per heavy atom. The second-order valence-corrected chi connectivity index (χ2v) is 6.58. The van der Waals surface area contributed by atoms with Crippen LogP contribution < -0.4 is 21.9 Å². The van der Waals surface area contributed by atoms with Crippen LogP contribution in [0.15, 0.2) is 23.3 Å². The number of anilines is 3. The van der Waals surface area contributed by atoms with Gasteiger partial charge in [0.15, 0.2) is 0 Å². The molecule has 0 saturated heterocycles. The summed E-state index contributed by atoms with van der Waals surface area (Å²) in [5, 5.41) is 16.7. The Hall–Kier alpha value is -2.16. The van der Waals surface area contributed by atoms with Crippen LogP contribution in [-0.2, 0) is 5.66 Å². The third kappa shape index (κ3) is 2.26. The van der Waals surface area contributed by atoms with Gasteiger partial charge in [-0.1, -0.05) is 11.6 Å². The molecular weight excluding hydrogens is 332 g/mol. The van der Waals surface area contributed by atoms with Crippen LogP contribution in [0.1, 0.15) is 37.6 Å². The first kappa shape index (κ1) is 15.4. The zero-order valence-electron chi connectivity index (χ0n) is 12.8. The third-order valence-corrected chi connectivity index (χ3v) is 4.97. The standard InChI is InChI=1S/C15H17ClN6O2/c16-8-5-9(20-11-6-10(17)18-7-19-11)14(24)22-12(8)13(23)21-15(22)3-1-2-4-15/h5-7,13,21,23H,1-4H2,(H3,17,18,19,20). The Kier molecular flexibility index (Phi) is 3.48. The monoisotopic (exact) mass is 348 g/mol. The molecule has 9 heteroatoms. The molecule has 1 aliphatic heterocycles. The summed E-state index contributed by atoms with van der Waals surface area (Å²) in [6.45, 7) is 0. The number of nitrogen functional groups attached to an aromatic ring is 1. The largest absolute Gasteiger partial charge is 0.384 e. The maximum Gasteiger partial charge on any atom is 0.276 e. The van der Waals surface area contributed by atoms with Crippen LogP contribution in [0.2, 0.25) is 5.02 Å². The molecule has 8 nitrogen and oxygen atoms in total. The highest BCUT2D eigenvalue weighted by molar-refractivity contribution is 6.31. The lowest BCUT2D eigenvalue weighted by atomic mass is 10.1. The average molecular weight is 349 g/mol. The van der Waals surface area contributed by atoms with Crippen molar-refractivity contribution in [2.75, 3.05) is 11.1 Å². The van der Waals surface area contributed by atoms with Gasteiger partial charge in [0.1, 0.15) is 35.5 Å². The highest BCUT2D eigenvalue weighted by Crippen LogP contribution is 2.43. The molecule has 0 amide bonds. The number of pyridine rings is 1. The van der Waals surface area contributed by atoms with Crippen molar-refractivity contribution in [1.29, 1.82) is 0 Å². The lowest BCUT2D eigenvalue weighted by Crippen LogP contribution is -2.44. The molecule has 2 aromatic heterocycles. The maximum absolute atomic E-state index is 13.0. The van der Waals surface area contributed by atoms with Crippen molar-refractivity contribution in [2.45, 2.75) is 37.6 Å². The van der Waals surface area contributed by atoms with Gasteiger partial charge in [-0.05, 0) is 31.7 Å². The summed E-state index contributed by atoms with van der Waals surface area (Å²) < 4.78 is 1.60. The van der Waals surface area contributed by atoms with Crippen LogP contribution in [0.4, 0.5) is 17.3 Å². The average Bonchev–Trinajstić information content (AvgIpc) is 3.10. The summed E-state index contributed by atoms with van der Waals surface area (Å²) in [6.07, 6.45) is 3.89. The zero-order chi connectivity index (χ0) is 16.9. The fraction of sp³-hybridized carbons (Fsp3) is 0.400. The predicted molar refractivity (Wildman–Crippen MR) is 90.0 cm³/mol. The van der Waals surface area contributed by atoms with Crippen molar-refractivity contribution >= 4 is 28.9 Å². The van der Waals surface area contributed by atoms with Crippen molar-refractivity contribution in [3.8, 4) is 0 Å². The van der Waals surface area contributed by atoms with Crippen molar-refractivity contribution in [1.82, 2.24) is 19.9 Å². The van der Waals surface area contributed by atoms with E-state index in [-0.39, 0.29) is 11.2 Å². The Morgan fingerprint density at radius 2 is 2.12 bits per heavy atom. The minimum atomic E-state index is -0.952. The van der Waals surface area contributed by atoms with Crippen LogP contribution in [0.5, 0.6) is 0 Å². The molecule has 5 N–H and O–H groups in total. The van der Waals surface area contributed by atoms with E-state index >= 15 is 0 Å². The zero-order valence-corrected chi connectivity index (χ0v) is 13.5. The lowest BCUT2D eigenvalue weighted by Gasteiger charge is -2.27. The highest BCUT2D eigenvalue weighted by Gasteiger charge is 2.46. The van der Waals surface area contributed by atoms with Crippen LogP contribution >= 0.6 is 11.6 Å². The van der Waals surface area contributed by atoms with Crippen molar-refractivity contribution in [2.24, 2.45) is 0 Å². The molecule has 2 aliphatic rings. The van der Waals surface area contributed by atoms with E-state index in [0.717, 1.165) is 25.7 Å². The highest BCUT2D eigenvalue weighted by atomic mass is 35.5. The fourth-order valence-corrected chi connectivity index (χ4v) is 3.96. The van der Waals surface area contributed by atoms with Crippen LogP contribution in [0, 0.1) is 0 Å². The number of nitrogens with two attached hydrogens (primary N) is 1. The number of aliphatic hydroxyl groups is 1. The van der Waals surface area contributed by atoms with E-state index in [0.29, 0.717) is 22.4 Å². The molecular formula is C15H17ClN6O2. The molecule has 1 fully saturated rings. The second-order valence-electron chi connectivity index (χ2n) is 6.17. The van der Waals surface area contributed by atoms with E-state index in [1.54, 1.807) is 4.57 Å². The summed E-state index contributed by atoms with van der Waals surface area (Å²) in [4.78, 5) is 20.9. The van der Waals surface area contributed by atoms with Gasteiger partial charge in [-0.25, -0.2) is 9.97 Å². The van der Waals surface area contributed by atoms with E-state index in [1.807, 2.05) is 0 Å². The summed E-state index contributed by atoms with van der Waals surface area (Å²) in [6, 6.07) is 3.04. The first-order valence-electron chi connectivity index (χ1n) is 7.76. The molecule has 3 heterocycles. The van der Waals surface area contributed by atoms with E-state index < -0.39 is 11.9 Å². The smallest absolute Gasteiger partial charge is 0.276 e. The van der Waals surface area contributed by atoms with E-state index in [2.05, 4.69) is 20.6 Å². The van der Waals surface area contributed by atoms with E-state index in [9.17, 15) is 9.90 Å². The summed E-state index contributed by atoms with van der Waals surface area (Å²) in [5.41, 5.74) is 5.51. The van der Waals surface area contributed by atoms with Gasteiger partial charge in [-0.2, -0.15) is 0 Å². The molecule has 4 rings (SSSR count). The van der Waals surface area contributed by atoms with Gasteiger partial charge in [0, 0.05) is 6.07 Å².